The van der Waals surface area contributed by atoms with Gasteiger partial charge in [-0.05, 0) is 61.6 Å². The lowest BCUT2D eigenvalue weighted by molar-refractivity contribution is -0.117. The Kier molecular flexibility index (Phi) is 5.43. The lowest BCUT2D eigenvalue weighted by atomic mass is 9.98. The fourth-order valence-electron chi connectivity index (χ4n) is 4.23. The number of carbonyl (C=O) groups is 2. The molecule has 1 saturated carbocycles. The lowest BCUT2D eigenvalue weighted by Crippen LogP contribution is -2.24. The summed E-state index contributed by atoms with van der Waals surface area (Å²) in [6.07, 6.45) is 5.18. The number of rotatable bonds is 6. The van der Waals surface area contributed by atoms with Crippen LogP contribution in [0.4, 0.5) is 5.69 Å². The van der Waals surface area contributed by atoms with Crippen LogP contribution in [0.3, 0.4) is 0 Å². The van der Waals surface area contributed by atoms with Crippen molar-refractivity contribution in [3.05, 3.63) is 53.6 Å². The largest absolute Gasteiger partial charge is 0.493 e. The van der Waals surface area contributed by atoms with Gasteiger partial charge in [0.2, 0.25) is 11.8 Å². The average molecular weight is 394 g/mol. The van der Waals surface area contributed by atoms with E-state index in [2.05, 4.69) is 0 Å². The first-order valence-electron chi connectivity index (χ1n) is 10.1. The van der Waals surface area contributed by atoms with E-state index in [4.69, 9.17) is 15.2 Å². The fourth-order valence-corrected chi connectivity index (χ4v) is 4.23. The van der Waals surface area contributed by atoms with Crippen LogP contribution in [0, 0.1) is 0 Å². The van der Waals surface area contributed by atoms with E-state index >= 15 is 0 Å². The number of carbonyl (C=O) groups excluding carboxylic acids is 2. The summed E-state index contributed by atoms with van der Waals surface area (Å²) in [5.41, 5.74) is 7.53. The van der Waals surface area contributed by atoms with Crippen molar-refractivity contribution in [1.82, 2.24) is 0 Å². The molecule has 2 aromatic carbocycles. The van der Waals surface area contributed by atoms with Crippen molar-refractivity contribution in [2.45, 2.75) is 44.1 Å². The summed E-state index contributed by atoms with van der Waals surface area (Å²) in [6, 6.07) is 12.8. The number of anilines is 1. The highest BCUT2D eigenvalue weighted by Crippen LogP contribution is 2.38. The Morgan fingerprint density at radius 1 is 1.10 bits per heavy atom. The minimum absolute atomic E-state index is 0.0331. The monoisotopic (exact) mass is 394 g/mol. The first-order valence-corrected chi connectivity index (χ1v) is 10.1. The van der Waals surface area contributed by atoms with Crippen molar-refractivity contribution < 1.29 is 19.1 Å². The number of hydrogen-bond acceptors (Lipinski definition) is 4. The predicted octanol–water partition coefficient (Wildman–Crippen LogP) is 3.64. The van der Waals surface area contributed by atoms with Gasteiger partial charge in [0.1, 0.15) is 0 Å². The smallest absolute Gasteiger partial charge is 0.248 e. The second-order valence-corrected chi connectivity index (χ2v) is 7.75. The van der Waals surface area contributed by atoms with Crippen LogP contribution in [0.5, 0.6) is 11.5 Å². The van der Waals surface area contributed by atoms with Crippen LogP contribution >= 0.6 is 0 Å². The first kappa shape index (κ1) is 19.3. The molecule has 1 atom stereocenters. The number of hydrogen-bond donors (Lipinski definition) is 1. The quantitative estimate of drug-likeness (QED) is 0.811. The fraction of sp³-hybridized carbons (Fsp3) is 0.391. The third-order valence-corrected chi connectivity index (χ3v) is 5.82. The van der Waals surface area contributed by atoms with Crippen molar-refractivity contribution in [2.75, 3.05) is 18.6 Å². The normalized spacial score (nSPS) is 19.6. The van der Waals surface area contributed by atoms with Crippen LogP contribution in [0.15, 0.2) is 42.5 Å². The van der Waals surface area contributed by atoms with Crippen LogP contribution in [-0.4, -0.2) is 31.6 Å². The van der Waals surface area contributed by atoms with Gasteiger partial charge in [-0.25, -0.2) is 0 Å². The molecule has 1 aliphatic carbocycles. The maximum Gasteiger partial charge on any atom is 0.248 e. The van der Waals surface area contributed by atoms with Crippen molar-refractivity contribution in [3.8, 4) is 11.5 Å². The Hall–Kier alpha value is -3.02. The molecule has 2 N–H and O–H groups in total. The van der Waals surface area contributed by atoms with E-state index in [-0.39, 0.29) is 17.9 Å². The summed E-state index contributed by atoms with van der Waals surface area (Å²) in [5, 5.41) is 0. The predicted molar refractivity (Wildman–Crippen MR) is 111 cm³/mol. The van der Waals surface area contributed by atoms with Gasteiger partial charge in [-0.15, -0.1) is 0 Å². The number of ether oxygens (including phenoxy) is 2. The summed E-state index contributed by atoms with van der Waals surface area (Å²) >= 11 is 0. The van der Waals surface area contributed by atoms with Gasteiger partial charge < -0.3 is 20.1 Å². The molecular formula is C23H26N2O4. The Morgan fingerprint density at radius 2 is 1.90 bits per heavy atom. The third kappa shape index (κ3) is 4.06. The van der Waals surface area contributed by atoms with Gasteiger partial charge >= 0.3 is 0 Å². The second kappa shape index (κ2) is 8.15. The highest BCUT2D eigenvalue weighted by molar-refractivity contribution is 5.99. The van der Waals surface area contributed by atoms with E-state index in [0.717, 1.165) is 29.9 Å². The van der Waals surface area contributed by atoms with Gasteiger partial charge in [0.25, 0.3) is 0 Å². The lowest BCUT2D eigenvalue weighted by Gasteiger charge is -2.19. The van der Waals surface area contributed by atoms with Crippen LogP contribution in [-0.2, 0) is 4.79 Å². The molecule has 0 unspecified atom stereocenters. The van der Waals surface area contributed by atoms with Crippen molar-refractivity contribution in [2.24, 2.45) is 5.73 Å². The molecular weight excluding hydrogens is 368 g/mol. The highest BCUT2D eigenvalue weighted by atomic mass is 16.5. The maximum absolute atomic E-state index is 12.7. The van der Waals surface area contributed by atoms with E-state index in [1.54, 1.807) is 30.2 Å². The number of methoxy groups -OCH3 is 1. The number of benzene rings is 2. The van der Waals surface area contributed by atoms with E-state index in [1.807, 2.05) is 24.3 Å². The number of amides is 2. The van der Waals surface area contributed by atoms with Gasteiger partial charge in [-0.2, -0.15) is 0 Å². The van der Waals surface area contributed by atoms with E-state index < -0.39 is 5.91 Å². The summed E-state index contributed by atoms with van der Waals surface area (Å²) in [5.74, 6) is 1.05. The maximum atomic E-state index is 12.7. The van der Waals surface area contributed by atoms with Gasteiger partial charge in [-0.3, -0.25) is 9.59 Å². The molecule has 2 fully saturated rings. The number of primary amides is 1. The molecule has 0 aromatic heterocycles. The average Bonchev–Trinajstić information content (AvgIpc) is 3.37. The molecule has 6 nitrogen and oxygen atoms in total. The minimum atomic E-state index is -0.501. The first-order chi connectivity index (χ1) is 14.0. The molecule has 1 saturated heterocycles. The molecule has 152 valence electrons. The highest BCUT2D eigenvalue weighted by Gasteiger charge is 2.32. The van der Waals surface area contributed by atoms with Gasteiger partial charge in [-0.1, -0.05) is 12.1 Å². The molecule has 0 bridgehead atoms. The van der Waals surface area contributed by atoms with E-state index in [9.17, 15) is 9.59 Å². The Bertz CT molecular complexity index is 921. The Morgan fingerprint density at radius 3 is 2.62 bits per heavy atom. The molecule has 6 heteroatoms. The zero-order valence-electron chi connectivity index (χ0n) is 16.6. The number of nitrogens with two attached hydrogens (primary N) is 1. The molecule has 2 aliphatic rings. The molecule has 0 radical (unpaired) electrons. The molecule has 1 heterocycles. The van der Waals surface area contributed by atoms with E-state index in [0.29, 0.717) is 24.2 Å². The summed E-state index contributed by atoms with van der Waals surface area (Å²) < 4.78 is 11.7. The molecule has 2 amide bonds. The van der Waals surface area contributed by atoms with Gasteiger partial charge in [0, 0.05) is 30.1 Å². The summed E-state index contributed by atoms with van der Waals surface area (Å²) in [4.78, 5) is 25.9. The zero-order valence-corrected chi connectivity index (χ0v) is 16.6. The van der Waals surface area contributed by atoms with Gasteiger partial charge in [0.15, 0.2) is 11.5 Å². The van der Waals surface area contributed by atoms with Crippen molar-refractivity contribution >= 4 is 17.5 Å². The molecule has 29 heavy (non-hydrogen) atoms. The summed E-state index contributed by atoms with van der Waals surface area (Å²) in [7, 11) is 1.64. The second-order valence-electron chi connectivity index (χ2n) is 7.75. The molecule has 1 aliphatic heterocycles. The van der Waals surface area contributed by atoms with Crippen LogP contribution in [0.25, 0.3) is 0 Å². The minimum Gasteiger partial charge on any atom is -0.493 e. The van der Waals surface area contributed by atoms with Crippen LogP contribution in [0.2, 0.25) is 0 Å². The SMILES string of the molecule is COc1ccc([C@H]2CC(=O)N(c3cccc(C(N)=O)c3)C2)cc1OC1CCCC1. The van der Waals surface area contributed by atoms with Crippen LogP contribution in [0.1, 0.15) is 53.9 Å². The Labute approximate surface area is 170 Å². The van der Waals surface area contributed by atoms with E-state index in [1.165, 1.54) is 12.8 Å². The third-order valence-electron chi connectivity index (χ3n) is 5.82. The summed E-state index contributed by atoms with van der Waals surface area (Å²) in [6.45, 7) is 0.552. The van der Waals surface area contributed by atoms with Crippen molar-refractivity contribution in [3.63, 3.8) is 0 Å². The molecule has 4 rings (SSSR count). The standard InChI is InChI=1S/C23H26N2O4/c1-28-20-10-9-15(12-21(20)29-19-7-2-3-8-19)17-13-22(26)25(14-17)18-6-4-5-16(11-18)23(24)27/h4-6,9-12,17,19H,2-3,7-8,13-14H2,1H3,(H2,24,27)/t17-/m0/s1. The molecule has 2 aromatic rings. The topological polar surface area (TPSA) is 81.9 Å². The zero-order chi connectivity index (χ0) is 20.4. The van der Waals surface area contributed by atoms with Crippen molar-refractivity contribution in [1.29, 1.82) is 0 Å². The number of nitrogens with zero attached hydrogens (tertiary/aromatic N) is 1. The van der Waals surface area contributed by atoms with Crippen LogP contribution < -0.4 is 20.1 Å². The van der Waals surface area contributed by atoms with Gasteiger partial charge in [0.05, 0.1) is 13.2 Å². The Balaban J connectivity index is 1.55. The molecule has 0 spiro atoms.